The zero-order chi connectivity index (χ0) is 22.1. The number of hydrogen-bond acceptors (Lipinski definition) is 6. The first-order valence-corrected chi connectivity index (χ1v) is 11.5. The maximum absolute atomic E-state index is 13.3. The quantitative estimate of drug-likeness (QED) is 0.706. The Morgan fingerprint density at radius 3 is 2.41 bits per heavy atom. The third kappa shape index (κ3) is 2.97. The summed E-state index contributed by atoms with van der Waals surface area (Å²) in [5, 5.41) is 0. The molecule has 0 aromatic heterocycles. The number of benzene rings is 1. The summed E-state index contributed by atoms with van der Waals surface area (Å²) in [4.78, 5) is 42.1. The summed E-state index contributed by atoms with van der Waals surface area (Å²) in [5.41, 5.74) is 12.6. The summed E-state index contributed by atoms with van der Waals surface area (Å²) in [5.74, 6) is 1.03. The Hall–Kier alpha value is -2.81. The Balaban J connectivity index is 1.16. The van der Waals surface area contributed by atoms with Gasteiger partial charge in [0.25, 0.3) is 5.91 Å². The molecule has 7 atom stereocenters. The first-order chi connectivity index (χ1) is 15.4. The second-order valence-corrected chi connectivity index (χ2v) is 9.89. The van der Waals surface area contributed by atoms with Gasteiger partial charge in [-0.2, -0.15) is 0 Å². The van der Waals surface area contributed by atoms with E-state index in [4.69, 9.17) is 20.9 Å². The highest BCUT2D eigenvalue weighted by molar-refractivity contribution is 5.96. The molecule has 3 saturated heterocycles. The van der Waals surface area contributed by atoms with Gasteiger partial charge in [0.1, 0.15) is 6.04 Å². The van der Waals surface area contributed by atoms with Crippen LogP contribution in [0.3, 0.4) is 0 Å². The van der Waals surface area contributed by atoms with Gasteiger partial charge >= 0.3 is 0 Å². The molecule has 1 saturated carbocycles. The van der Waals surface area contributed by atoms with Crippen LogP contribution in [0.5, 0.6) is 11.5 Å². The van der Waals surface area contributed by atoms with E-state index in [1.54, 1.807) is 23.1 Å². The average molecular weight is 441 g/mol. The largest absolute Gasteiger partial charge is 0.454 e. The minimum Gasteiger partial charge on any atom is -0.454 e. The van der Waals surface area contributed by atoms with Crippen molar-refractivity contribution in [2.24, 2.45) is 23.3 Å². The molecule has 6 rings (SSSR count). The molecule has 2 bridgehead atoms. The van der Waals surface area contributed by atoms with Gasteiger partial charge in [0.2, 0.25) is 18.6 Å². The molecular formula is C23H28N4O5. The van der Waals surface area contributed by atoms with Crippen molar-refractivity contribution in [3.05, 3.63) is 23.8 Å². The standard InChI is InChI=1S/C23H28N4O5/c24-20(23(30)27-16-7-12(16)8-17(27)21(25)28)13-5-14-2-3-15(6-13)26(14)22(29)11-1-4-18-19(9-11)32-10-31-18/h1,4,9,12-17,20H,2-3,5-8,10,24H2,(H2,25,28)/t12?,13?,14-,15?,16?,17?,20-/m0/s1. The number of nitrogens with zero attached hydrogens (tertiary/aromatic N) is 2. The monoisotopic (exact) mass is 440 g/mol. The highest BCUT2D eigenvalue weighted by Gasteiger charge is 2.57. The molecule has 9 nitrogen and oxygen atoms in total. The van der Waals surface area contributed by atoms with Crippen LogP contribution in [0.1, 0.15) is 48.9 Å². The zero-order valence-corrected chi connectivity index (χ0v) is 17.8. The van der Waals surface area contributed by atoms with Crippen LogP contribution in [-0.2, 0) is 9.59 Å². The van der Waals surface area contributed by atoms with E-state index >= 15 is 0 Å². The van der Waals surface area contributed by atoms with Gasteiger partial charge < -0.3 is 30.7 Å². The maximum atomic E-state index is 13.3. The molecule has 4 heterocycles. The average Bonchev–Trinajstić information content (AvgIpc) is 3.10. The first-order valence-electron chi connectivity index (χ1n) is 11.5. The van der Waals surface area contributed by atoms with Crippen molar-refractivity contribution >= 4 is 17.7 Å². The molecule has 3 amide bonds. The summed E-state index contributed by atoms with van der Waals surface area (Å²) in [7, 11) is 0. The third-order valence-electron chi connectivity index (χ3n) is 8.10. The van der Waals surface area contributed by atoms with Crippen molar-refractivity contribution in [1.29, 1.82) is 0 Å². The molecule has 5 aliphatic rings. The molecule has 1 aromatic carbocycles. The molecule has 170 valence electrons. The summed E-state index contributed by atoms with van der Waals surface area (Å²) < 4.78 is 10.8. The number of carbonyl (C=O) groups is 3. The number of primary amides is 1. The molecule has 1 aliphatic carbocycles. The van der Waals surface area contributed by atoms with Crippen LogP contribution in [0.15, 0.2) is 18.2 Å². The normalized spacial score (nSPS) is 34.9. The Kier molecular flexibility index (Phi) is 4.40. The van der Waals surface area contributed by atoms with Gasteiger partial charge in [-0.1, -0.05) is 0 Å². The van der Waals surface area contributed by atoms with E-state index in [0.717, 1.165) is 19.3 Å². The fourth-order valence-electron chi connectivity index (χ4n) is 6.42. The lowest BCUT2D eigenvalue weighted by Gasteiger charge is -2.41. The predicted molar refractivity (Wildman–Crippen MR) is 113 cm³/mol. The van der Waals surface area contributed by atoms with E-state index in [1.165, 1.54) is 0 Å². The molecule has 4 N–H and O–H groups in total. The van der Waals surface area contributed by atoms with Crippen LogP contribution in [-0.4, -0.2) is 64.5 Å². The third-order valence-corrected chi connectivity index (χ3v) is 8.10. The second kappa shape index (κ2) is 7.10. The SMILES string of the molecule is NC(=O)C1CC2CC2N1C(=O)[C@@H](N)C1CC2CC[C@@H](C1)N2C(=O)c1ccc2c(c1)OCO2. The van der Waals surface area contributed by atoms with Crippen LogP contribution >= 0.6 is 0 Å². The van der Waals surface area contributed by atoms with Crippen molar-refractivity contribution in [3.8, 4) is 11.5 Å². The van der Waals surface area contributed by atoms with Gasteiger partial charge in [-0.05, 0) is 68.6 Å². The van der Waals surface area contributed by atoms with Gasteiger partial charge in [0, 0.05) is 23.7 Å². The lowest BCUT2D eigenvalue weighted by molar-refractivity contribution is -0.141. The van der Waals surface area contributed by atoms with E-state index in [0.29, 0.717) is 42.2 Å². The van der Waals surface area contributed by atoms with Crippen LogP contribution in [0, 0.1) is 11.8 Å². The molecule has 4 fully saturated rings. The number of amides is 3. The van der Waals surface area contributed by atoms with E-state index in [-0.39, 0.29) is 42.7 Å². The van der Waals surface area contributed by atoms with Gasteiger partial charge in [-0.25, -0.2) is 0 Å². The summed E-state index contributed by atoms with van der Waals surface area (Å²) in [6.07, 6.45) is 4.82. The molecule has 0 radical (unpaired) electrons. The lowest BCUT2D eigenvalue weighted by atomic mass is 9.84. The van der Waals surface area contributed by atoms with Crippen LogP contribution in [0.2, 0.25) is 0 Å². The number of nitrogens with two attached hydrogens (primary N) is 2. The van der Waals surface area contributed by atoms with Crippen molar-refractivity contribution in [2.45, 2.75) is 68.7 Å². The second-order valence-electron chi connectivity index (χ2n) is 9.89. The number of carbonyl (C=O) groups excluding carboxylic acids is 3. The van der Waals surface area contributed by atoms with Gasteiger partial charge in [0.05, 0.1) is 6.04 Å². The van der Waals surface area contributed by atoms with E-state index < -0.39 is 18.0 Å². The maximum Gasteiger partial charge on any atom is 0.254 e. The summed E-state index contributed by atoms with van der Waals surface area (Å²) in [6, 6.07) is 4.35. The molecule has 32 heavy (non-hydrogen) atoms. The van der Waals surface area contributed by atoms with Crippen LogP contribution in [0.4, 0.5) is 0 Å². The Bertz CT molecular complexity index is 985. The Morgan fingerprint density at radius 2 is 1.69 bits per heavy atom. The van der Waals surface area contributed by atoms with Crippen LogP contribution < -0.4 is 20.9 Å². The highest BCUT2D eigenvalue weighted by Crippen LogP contribution is 2.49. The number of likely N-dealkylation sites (tertiary alicyclic amines) is 1. The lowest BCUT2D eigenvalue weighted by Crippen LogP contribution is -2.57. The topological polar surface area (TPSA) is 128 Å². The van der Waals surface area contributed by atoms with E-state index in [2.05, 4.69) is 0 Å². The molecule has 9 heteroatoms. The number of rotatable bonds is 4. The fraction of sp³-hybridized carbons (Fsp3) is 0.609. The van der Waals surface area contributed by atoms with E-state index in [9.17, 15) is 14.4 Å². The van der Waals surface area contributed by atoms with Crippen molar-refractivity contribution < 1.29 is 23.9 Å². The minimum atomic E-state index is -0.665. The summed E-state index contributed by atoms with van der Waals surface area (Å²) in [6.45, 7) is 0.171. The van der Waals surface area contributed by atoms with Crippen molar-refractivity contribution in [2.75, 3.05) is 6.79 Å². The Labute approximate surface area is 186 Å². The molecular weight excluding hydrogens is 412 g/mol. The number of piperidine rings is 2. The van der Waals surface area contributed by atoms with Gasteiger partial charge in [-0.15, -0.1) is 0 Å². The molecule has 1 aromatic rings. The van der Waals surface area contributed by atoms with Crippen molar-refractivity contribution in [3.63, 3.8) is 0 Å². The van der Waals surface area contributed by atoms with Crippen LogP contribution in [0.25, 0.3) is 0 Å². The zero-order valence-electron chi connectivity index (χ0n) is 17.8. The molecule has 4 aliphatic heterocycles. The molecule has 0 spiro atoms. The summed E-state index contributed by atoms with van der Waals surface area (Å²) >= 11 is 0. The fourth-order valence-corrected chi connectivity index (χ4v) is 6.42. The number of fused-ring (bicyclic) bond motifs is 4. The van der Waals surface area contributed by atoms with Crippen molar-refractivity contribution in [1.82, 2.24) is 9.80 Å². The minimum absolute atomic E-state index is 0.00729. The smallest absolute Gasteiger partial charge is 0.254 e. The first kappa shape index (κ1) is 19.8. The predicted octanol–water partition coefficient (Wildman–Crippen LogP) is 0.601. The van der Waals surface area contributed by atoms with Gasteiger partial charge in [-0.3, -0.25) is 14.4 Å². The van der Waals surface area contributed by atoms with E-state index in [1.807, 2.05) is 4.90 Å². The number of ether oxygens (including phenoxy) is 2. The van der Waals surface area contributed by atoms with Gasteiger partial charge in [0.15, 0.2) is 11.5 Å². The highest BCUT2D eigenvalue weighted by atomic mass is 16.7. The number of hydrogen-bond donors (Lipinski definition) is 2. The Morgan fingerprint density at radius 1 is 0.969 bits per heavy atom. The molecule has 5 unspecified atom stereocenters.